The maximum atomic E-state index is 12.2. The highest BCUT2D eigenvalue weighted by molar-refractivity contribution is 7.95. The van der Waals surface area contributed by atoms with Crippen molar-refractivity contribution in [2.45, 2.75) is 19.0 Å². The molecule has 0 aromatic heterocycles. The Morgan fingerprint density at radius 3 is 1.94 bits per heavy atom. The molecule has 0 saturated heterocycles. The first-order valence-corrected chi connectivity index (χ1v) is 14.7. The number of rotatable bonds is 15. The summed E-state index contributed by atoms with van der Waals surface area (Å²) in [6.45, 7) is 6.31. The third-order valence-electron chi connectivity index (χ3n) is 4.04. The van der Waals surface area contributed by atoms with Crippen LogP contribution in [0, 0.1) is 0 Å². The van der Waals surface area contributed by atoms with E-state index in [0.29, 0.717) is 17.2 Å². The first-order chi connectivity index (χ1) is 15.7. The molecule has 0 radical (unpaired) electrons. The van der Waals surface area contributed by atoms with Gasteiger partial charge in [0.15, 0.2) is 19.7 Å². The molecule has 1 aromatic carbocycles. The predicted octanol–water partition coefficient (Wildman–Crippen LogP) is 0.0810. The molecule has 12 nitrogen and oxygen atoms in total. The molecule has 3 N–H and O–H groups in total. The van der Waals surface area contributed by atoms with Gasteiger partial charge in [0.05, 0.1) is 12.4 Å². The Morgan fingerprint density at radius 2 is 1.47 bits per heavy atom. The minimum absolute atomic E-state index is 0.0948. The van der Waals surface area contributed by atoms with E-state index in [1.54, 1.807) is 0 Å². The molecule has 0 spiro atoms. The monoisotopic (exact) mass is 538 g/mol. The number of hydrogen-bond donors (Lipinski definition) is 3. The van der Waals surface area contributed by atoms with Gasteiger partial charge in [-0.3, -0.25) is 14.1 Å². The molecule has 15 heteroatoms. The summed E-state index contributed by atoms with van der Waals surface area (Å²) in [4.78, 5) is 24.4. The highest BCUT2D eigenvalue weighted by atomic mass is 32.2. The van der Waals surface area contributed by atoms with Crippen molar-refractivity contribution in [3.8, 4) is 5.75 Å². The van der Waals surface area contributed by atoms with Crippen LogP contribution in [0.15, 0.2) is 48.2 Å². The van der Waals surface area contributed by atoms with E-state index in [2.05, 4.69) is 23.8 Å². The van der Waals surface area contributed by atoms with Crippen LogP contribution in [0.4, 0.5) is 0 Å². The van der Waals surface area contributed by atoms with E-state index in [1.807, 2.05) is 0 Å². The Kier molecular flexibility index (Phi) is 10.9. The summed E-state index contributed by atoms with van der Waals surface area (Å²) in [5.41, 5.74) is 0.240. The molecule has 0 fully saturated rings. The number of carbonyl (C=O) groups excluding carboxylic acids is 2. The van der Waals surface area contributed by atoms with Gasteiger partial charge in [-0.15, -0.1) is 0 Å². The van der Waals surface area contributed by atoms with Crippen molar-refractivity contribution in [1.29, 1.82) is 0 Å². The Balaban J connectivity index is 3.00. The molecule has 0 aliphatic heterocycles. The van der Waals surface area contributed by atoms with Crippen LogP contribution in [0.25, 0.3) is 0 Å². The molecule has 0 saturated carbocycles. The fourth-order valence-corrected chi connectivity index (χ4v) is 4.15. The zero-order valence-electron chi connectivity index (χ0n) is 18.0. The molecule has 0 heterocycles. The molecule has 1 rings (SSSR count). The molecular weight excluding hydrogens is 512 g/mol. The van der Waals surface area contributed by atoms with Gasteiger partial charge >= 0.3 is 0 Å². The van der Waals surface area contributed by atoms with E-state index >= 15 is 0 Å². The van der Waals surface area contributed by atoms with Crippen molar-refractivity contribution in [2.75, 3.05) is 23.9 Å². The zero-order chi connectivity index (χ0) is 26.0. The van der Waals surface area contributed by atoms with Crippen LogP contribution < -0.4 is 15.4 Å². The molecule has 0 unspecified atom stereocenters. The molecule has 0 bridgehead atoms. The lowest BCUT2D eigenvalue weighted by Gasteiger charge is -2.21. The van der Waals surface area contributed by atoms with Gasteiger partial charge in [0.2, 0.25) is 11.8 Å². The van der Waals surface area contributed by atoms with E-state index in [1.165, 1.54) is 24.3 Å². The van der Waals surface area contributed by atoms with Crippen molar-refractivity contribution in [3.05, 3.63) is 53.8 Å². The Bertz CT molecular complexity index is 1170. The van der Waals surface area contributed by atoms with Gasteiger partial charge in [0.1, 0.15) is 23.4 Å². The van der Waals surface area contributed by atoms with Gasteiger partial charge in [-0.05, 0) is 30.5 Å². The number of ether oxygens (including phenoxy) is 1. The Morgan fingerprint density at radius 1 is 0.941 bits per heavy atom. The normalized spacial score (nSPS) is 12.1. The van der Waals surface area contributed by atoms with Gasteiger partial charge < -0.3 is 15.4 Å². The van der Waals surface area contributed by atoms with Crippen LogP contribution in [0.1, 0.15) is 24.6 Å². The average Bonchev–Trinajstić information content (AvgIpc) is 2.71. The third-order valence-corrected chi connectivity index (χ3v) is 7.19. The van der Waals surface area contributed by atoms with Crippen LogP contribution in [0.2, 0.25) is 0 Å². The molecular formula is C19H26N2O10S3. The van der Waals surface area contributed by atoms with Crippen LogP contribution in [0.3, 0.4) is 0 Å². The number of benzene rings is 1. The minimum Gasteiger partial charge on any atom is -0.494 e. The molecule has 2 amide bonds. The Labute approximate surface area is 198 Å². The molecule has 0 aliphatic carbocycles. The van der Waals surface area contributed by atoms with Gasteiger partial charge in [-0.1, -0.05) is 25.3 Å². The van der Waals surface area contributed by atoms with E-state index in [0.717, 1.165) is 0 Å². The highest BCUT2D eigenvalue weighted by Crippen LogP contribution is 2.19. The third kappa shape index (κ3) is 11.9. The first kappa shape index (κ1) is 29.3. The number of hydrogen-bond acceptors (Lipinski definition) is 9. The fraction of sp³-hybridized carbons (Fsp3) is 0.368. The second kappa shape index (κ2) is 12.6. The van der Waals surface area contributed by atoms with Gasteiger partial charge in [0, 0.05) is 10.8 Å². The lowest BCUT2D eigenvalue weighted by atomic mass is 10.1. The number of sulfone groups is 2. The average molecular weight is 539 g/mol. The number of unbranched alkanes of at least 4 members (excludes halogenated alkanes) is 1. The first-order valence-electron chi connectivity index (χ1n) is 9.63. The summed E-state index contributed by atoms with van der Waals surface area (Å²) in [7, 11) is -11.9. The molecule has 0 atom stereocenters. The minimum atomic E-state index is -4.07. The summed E-state index contributed by atoms with van der Waals surface area (Å²) in [5, 5.41) is 5.83. The van der Waals surface area contributed by atoms with Crippen LogP contribution in [-0.2, 0) is 39.4 Å². The van der Waals surface area contributed by atoms with Crippen molar-refractivity contribution >= 4 is 41.6 Å². The summed E-state index contributed by atoms with van der Waals surface area (Å²) in [5.74, 6) is -4.00. The van der Waals surface area contributed by atoms with E-state index in [4.69, 9.17) is 9.29 Å². The van der Waals surface area contributed by atoms with Crippen LogP contribution in [-0.4, -0.2) is 65.5 Å². The summed E-state index contributed by atoms with van der Waals surface area (Å²) in [6, 6.07) is 5.94. The highest BCUT2D eigenvalue weighted by Gasteiger charge is 2.22. The standard InChI is InChI=1S/C19H26N2O10S3/c1-3-32(24,25)13-17(22)20-19(21-18(23)14-33(26,27)4-2)15-8-7-9-16(12-15)31-10-5-6-11-34(28,29)30/h3-4,7-9,12,19H,1-2,5-6,10-11,13-14H2,(H,20,22)(H,21,23)(H,28,29,30). The Hall–Kier alpha value is -2.75. The summed E-state index contributed by atoms with van der Waals surface area (Å²) < 4.78 is 82.2. The molecule has 1 aromatic rings. The topological polar surface area (TPSA) is 190 Å². The van der Waals surface area contributed by atoms with Crippen molar-refractivity contribution < 1.29 is 44.1 Å². The van der Waals surface area contributed by atoms with Gasteiger partial charge in [-0.2, -0.15) is 8.42 Å². The summed E-state index contributed by atoms with van der Waals surface area (Å²) in [6.07, 6.45) is -0.842. The molecule has 190 valence electrons. The molecule has 34 heavy (non-hydrogen) atoms. The fourth-order valence-electron chi connectivity index (χ4n) is 2.45. The largest absolute Gasteiger partial charge is 0.494 e. The van der Waals surface area contributed by atoms with Crippen LogP contribution >= 0.6 is 0 Å². The van der Waals surface area contributed by atoms with Crippen molar-refractivity contribution in [1.82, 2.24) is 10.6 Å². The zero-order valence-corrected chi connectivity index (χ0v) is 20.5. The lowest BCUT2D eigenvalue weighted by molar-refractivity contribution is -0.121. The number of nitrogens with one attached hydrogen (secondary N) is 2. The maximum absolute atomic E-state index is 12.2. The maximum Gasteiger partial charge on any atom is 0.264 e. The summed E-state index contributed by atoms with van der Waals surface area (Å²) >= 11 is 0. The number of carbonyl (C=O) groups is 2. The van der Waals surface area contributed by atoms with Crippen molar-refractivity contribution in [3.63, 3.8) is 0 Å². The number of amides is 2. The predicted molar refractivity (Wildman–Crippen MR) is 125 cm³/mol. The second-order valence-electron chi connectivity index (χ2n) is 6.93. The van der Waals surface area contributed by atoms with Gasteiger partial charge in [0.25, 0.3) is 10.1 Å². The smallest absolute Gasteiger partial charge is 0.264 e. The van der Waals surface area contributed by atoms with Crippen molar-refractivity contribution in [2.24, 2.45) is 0 Å². The SMILES string of the molecule is C=CS(=O)(=O)CC(=O)NC(NC(=O)CS(=O)(=O)C=C)c1cccc(OCCCCS(=O)(=O)O)c1. The van der Waals surface area contributed by atoms with Crippen LogP contribution in [0.5, 0.6) is 5.75 Å². The second-order valence-corrected chi connectivity index (χ2v) is 12.4. The van der Waals surface area contributed by atoms with E-state index in [9.17, 15) is 34.8 Å². The lowest BCUT2D eigenvalue weighted by Crippen LogP contribution is -2.44. The quantitative estimate of drug-likeness (QED) is 0.157. The van der Waals surface area contributed by atoms with E-state index in [-0.39, 0.29) is 24.3 Å². The van der Waals surface area contributed by atoms with Gasteiger partial charge in [-0.25, -0.2) is 16.8 Å². The van der Waals surface area contributed by atoms with E-state index < -0.39 is 65.0 Å². The molecule has 0 aliphatic rings.